The van der Waals surface area contributed by atoms with Crippen LogP contribution in [0.3, 0.4) is 0 Å². The predicted molar refractivity (Wildman–Crippen MR) is 128 cm³/mol. The van der Waals surface area contributed by atoms with Crippen LogP contribution in [-0.2, 0) is 4.79 Å². The number of carbonyl (C=O) groups is 2. The van der Waals surface area contributed by atoms with E-state index >= 15 is 0 Å². The Balaban J connectivity index is 1.61. The van der Waals surface area contributed by atoms with Gasteiger partial charge in [0.05, 0.1) is 34.6 Å². The number of ketones is 1. The molecule has 1 amide bonds. The highest BCUT2D eigenvalue weighted by Gasteiger charge is 2.38. The summed E-state index contributed by atoms with van der Waals surface area (Å²) in [6, 6.07) is 9.78. The SMILES string of the molecule is CCCNC1=C(Nc2ccc(Oc3ccnc4cc(OC)c(C(N)=O)cc34)cc2Cl)C(=O)C1O. The summed E-state index contributed by atoms with van der Waals surface area (Å²) >= 11 is 6.43. The molecule has 1 atom stereocenters. The zero-order chi connectivity index (χ0) is 24.4. The van der Waals surface area contributed by atoms with Crippen LogP contribution in [-0.4, -0.2) is 41.5 Å². The number of ether oxygens (including phenoxy) is 2. The van der Waals surface area contributed by atoms with Crippen molar-refractivity contribution in [2.75, 3.05) is 19.0 Å². The number of nitrogens with zero attached hydrogens (tertiary/aromatic N) is 1. The molecule has 3 aromatic rings. The molecule has 176 valence electrons. The van der Waals surface area contributed by atoms with Gasteiger partial charge in [0.25, 0.3) is 5.91 Å². The first-order valence-electron chi connectivity index (χ1n) is 10.5. The van der Waals surface area contributed by atoms with Gasteiger partial charge < -0.3 is 30.9 Å². The molecule has 2 aromatic carbocycles. The Morgan fingerprint density at radius 1 is 1.24 bits per heavy atom. The van der Waals surface area contributed by atoms with Gasteiger partial charge in [-0.2, -0.15) is 0 Å². The predicted octanol–water partition coefficient (Wildman–Crippen LogP) is 3.35. The zero-order valence-electron chi connectivity index (χ0n) is 18.5. The molecule has 0 fully saturated rings. The van der Waals surface area contributed by atoms with Gasteiger partial charge >= 0.3 is 0 Å². The number of nitrogens with two attached hydrogens (primary N) is 1. The maximum atomic E-state index is 12.1. The van der Waals surface area contributed by atoms with Gasteiger partial charge in [0.2, 0.25) is 5.78 Å². The molecule has 9 nitrogen and oxygen atoms in total. The van der Waals surface area contributed by atoms with E-state index in [1.807, 2.05) is 6.92 Å². The second-order valence-electron chi connectivity index (χ2n) is 7.59. The van der Waals surface area contributed by atoms with Crippen molar-refractivity contribution in [1.82, 2.24) is 10.3 Å². The molecule has 1 heterocycles. The third-order valence-electron chi connectivity index (χ3n) is 5.32. The van der Waals surface area contributed by atoms with E-state index in [0.29, 0.717) is 51.1 Å². The van der Waals surface area contributed by atoms with Crippen molar-refractivity contribution in [2.24, 2.45) is 5.73 Å². The third-order valence-corrected chi connectivity index (χ3v) is 5.63. The van der Waals surface area contributed by atoms with E-state index < -0.39 is 17.8 Å². The van der Waals surface area contributed by atoms with E-state index in [1.54, 1.807) is 42.6 Å². The molecule has 4 rings (SSSR count). The first-order valence-corrected chi connectivity index (χ1v) is 10.9. The van der Waals surface area contributed by atoms with Crippen molar-refractivity contribution in [1.29, 1.82) is 0 Å². The number of amides is 1. The van der Waals surface area contributed by atoms with Crippen molar-refractivity contribution >= 4 is 39.9 Å². The summed E-state index contributed by atoms with van der Waals surface area (Å²) in [6.07, 6.45) is 1.27. The van der Waals surface area contributed by atoms with E-state index in [-0.39, 0.29) is 11.3 Å². The Bertz CT molecular complexity index is 1320. The molecule has 34 heavy (non-hydrogen) atoms. The van der Waals surface area contributed by atoms with Gasteiger partial charge in [-0.3, -0.25) is 14.6 Å². The van der Waals surface area contributed by atoms with Crippen LogP contribution in [0.15, 0.2) is 54.0 Å². The van der Waals surface area contributed by atoms with Crippen LogP contribution in [0.2, 0.25) is 5.02 Å². The van der Waals surface area contributed by atoms with Crippen molar-refractivity contribution in [3.63, 3.8) is 0 Å². The lowest BCUT2D eigenvalue weighted by molar-refractivity contribution is -0.124. The van der Waals surface area contributed by atoms with Gasteiger partial charge in [-0.25, -0.2) is 0 Å². The van der Waals surface area contributed by atoms with Gasteiger partial charge in [0, 0.05) is 30.3 Å². The van der Waals surface area contributed by atoms with Gasteiger partial charge in [-0.05, 0) is 30.7 Å². The van der Waals surface area contributed by atoms with Crippen molar-refractivity contribution in [3.05, 3.63) is 64.6 Å². The smallest absolute Gasteiger partial charge is 0.252 e. The van der Waals surface area contributed by atoms with E-state index in [9.17, 15) is 14.7 Å². The minimum absolute atomic E-state index is 0.207. The molecule has 1 aliphatic carbocycles. The van der Waals surface area contributed by atoms with Crippen molar-refractivity contribution < 1.29 is 24.2 Å². The van der Waals surface area contributed by atoms with Crippen LogP contribution < -0.4 is 25.8 Å². The number of aliphatic hydroxyl groups excluding tert-OH is 1. The summed E-state index contributed by atoms with van der Waals surface area (Å²) in [4.78, 5) is 28.2. The summed E-state index contributed by atoms with van der Waals surface area (Å²) < 4.78 is 11.3. The maximum absolute atomic E-state index is 12.1. The number of carbonyl (C=O) groups excluding carboxylic acids is 2. The number of fused-ring (bicyclic) bond motifs is 1. The fourth-order valence-electron chi connectivity index (χ4n) is 3.55. The number of hydrogen-bond donors (Lipinski definition) is 4. The fourth-order valence-corrected chi connectivity index (χ4v) is 3.77. The number of benzene rings is 2. The van der Waals surface area contributed by atoms with Crippen molar-refractivity contribution in [3.8, 4) is 17.2 Å². The number of primary amides is 1. The van der Waals surface area contributed by atoms with E-state index in [4.69, 9.17) is 26.8 Å². The number of aliphatic hydroxyl groups is 1. The summed E-state index contributed by atoms with van der Waals surface area (Å²) in [6.45, 7) is 2.62. The quantitative estimate of drug-likeness (QED) is 0.364. The lowest BCUT2D eigenvalue weighted by atomic mass is 9.94. The molecule has 0 aliphatic heterocycles. The summed E-state index contributed by atoms with van der Waals surface area (Å²) in [7, 11) is 1.45. The first-order chi connectivity index (χ1) is 16.3. The Morgan fingerprint density at radius 2 is 2.03 bits per heavy atom. The standard InChI is InChI=1S/C24H23ClN4O5/c1-3-7-28-20-21(23(31)22(20)30)29-16-5-4-12(9-15(16)25)34-18-6-8-27-17-11-19(33-2)14(24(26)32)10-13(17)18/h4-6,8-11,22,28-30H,3,7H2,1-2H3,(H2,26,32). The van der Waals surface area contributed by atoms with E-state index in [0.717, 1.165) is 6.42 Å². The number of pyridine rings is 1. The van der Waals surface area contributed by atoms with Crippen LogP contribution >= 0.6 is 11.6 Å². The molecule has 1 unspecified atom stereocenters. The molecular weight excluding hydrogens is 460 g/mol. The van der Waals surface area contributed by atoms with Gasteiger partial charge in [-0.15, -0.1) is 0 Å². The summed E-state index contributed by atoms with van der Waals surface area (Å²) in [5.74, 6) is 0.153. The molecule has 0 saturated carbocycles. The Hall–Kier alpha value is -3.82. The molecule has 5 N–H and O–H groups in total. The highest BCUT2D eigenvalue weighted by atomic mass is 35.5. The van der Waals surface area contributed by atoms with Crippen LogP contribution in [0.5, 0.6) is 17.2 Å². The van der Waals surface area contributed by atoms with Gasteiger partial charge in [0.1, 0.15) is 22.9 Å². The lowest BCUT2D eigenvalue weighted by Gasteiger charge is -2.29. The second kappa shape index (κ2) is 9.58. The number of rotatable bonds is 9. The number of halogens is 1. The van der Waals surface area contributed by atoms with Crippen LogP contribution in [0, 0.1) is 0 Å². The molecule has 0 spiro atoms. The van der Waals surface area contributed by atoms with E-state index in [1.165, 1.54) is 7.11 Å². The van der Waals surface area contributed by atoms with Crippen LogP contribution in [0.25, 0.3) is 10.9 Å². The average molecular weight is 483 g/mol. The fraction of sp³-hybridized carbons (Fsp3) is 0.208. The average Bonchev–Trinajstić information content (AvgIpc) is 2.83. The summed E-state index contributed by atoms with van der Waals surface area (Å²) in [5.41, 5.74) is 7.47. The Kier molecular flexibility index (Phi) is 6.58. The molecule has 1 aromatic heterocycles. The summed E-state index contributed by atoms with van der Waals surface area (Å²) in [5, 5.41) is 16.8. The minimum Gasteiger partial charge on any atom is -0.496 e. The number of methoxy groups -OCH3 is 1. The monoisotopic (exact) mass is 482 g/mol. The largest absolute Gasteiger partial charge is 0.496 e. The third kappa shape index (κ3) is 4.35. The zero-order valence-corrected chi connectivity index (χ0v) is 19.3. The molecule has 1 aliphatic rings. The van der Waals surface area contributed by atoms with E-state index in [2.05, 4.69) is 15.6 Å². The van der Waals surface area contributed by atoms with Crippen molar-refractivity contribution in [2.45, 2.75) is 19.4 Å². The van der Waals surface area contributed by atoms with Gasteiger partial charge in [-0.1, -0.05) is 18.5 Å². The van der Waals surface area contributed by atoms with Crippen LogP contribution in [0.1, 0.15) is 23.7 Å². The second-order valence-corrected chi connectivity index (χ2v) is 8.00. The molecular formula is C24H23ClN4O5. The topological polar surface area (TPSA) is 136 Å². The number of Topliss-reactive ketones (excluding diaryl/α,β-unsaturated/α-hetero) is 1. The number of aromatic nitrogens is 1. The van der Waals surface area contributed by atoms with Gasteiger partial charge in [0.15, 0.2) is 6.10 Å². The minimum atomic E-state index is -1.15. The molecule has 10 heteroatoms. The molecule has 0 radical (unpaired) electrons. The Morgan fingerprint density at radius 3 is 2.71 bits per heavy atom. The first kappa shape index (κ1) is 23.3. The highest BCUT2D eigenvalue weighted by Crippen LogP contribution is 2.36. The number of anilines is 1. The Labute approximate surface area is 200 Å². The van der Waals surface area contributed by atoms with Crippen LogP contribution in [0.4, 0.5) is 5.69 Å². The molecule has 0 bridgehead atoms. The molecule has 0 saturated heterocycles. The highest BCUT2D eigenvalue weighted by molar-refractivity contribution is 6.33. The number of hydrogen-bond acceptors (Lipinski definition) is 8. The maximum Gasteiger partial charge on any atom is 0.252 e. The normalized spacial score (nSPS) is 15.2. The number of nitrogens with one attached hydrogen (secondary N) is 2. The lowest BCUT2D eigenvalue weighted by Crippen LogP contribution is -2.45.